The lowest BCUT2D eigenvalue weighted by atomic mass is 10.1. The zero-order chi connectivity index (χ0) is 12.1. The quantitative estimate of drug-likeness (QED) is 0.890. The minimum atomic E-state index is 0.664. The molecule has 2 rings (SSSR count). The van der Waals surface area contributed by atoms with Crippen molar-refractivity contribution < 1.29 is 0 Å². The van der Waals surface area contributed by atoms with Gasteiger partial charge in [-0.2, -0.15) is 0 Å². The number of hydrogen-bond donors (Lipinski definition) is 1. The third-order valence-corrected chi connectivity index (χ3v) is 3.01. The fraction of sp³-hybridized carbons (Fsp3) is 0.214. The molecule has 1 aromatic heterocycles. The van der Waals surface area contributed by atoms with Gasteiger partial charge in [0, 0.05) is 12.7 Å². The van der Waals surface area contributed by atoms with Crippen LogP contribution in [-0.4, -0.2) is 11.5 Å². The summed E-state index contributed by atoms with van der Waals surface area (Å²) in [6, 6.07) is 12.1. The van der Waals surface area contributed by atoms with Gasteiger partial charge in [-0.25, -0.2) is 4.98 Å². The molecule has 0 aliphatic rings. The van der Waals surface area contributed by atoms with Crippen LogP contribution in [0.25, 0.3) is 0 Å². The second kappa shape index (κ2) is 5.69. The summed E-state index contributed by atoms with van der Waals surface area (Å²) in [6.07, 6.45) is 2.71. The molecule has 1 aromatic carbocycles. The maximum atomic E-state index is 6.01. The van der Waals surface area contributed by atoms with Gasteiger partial charge >= 0.3 is 0 Å². The Morgan fingerprint density at radius 3 is 2.76 bits per heavy atom. The smallest absolute Gasteiger partial charge is 0.144 e. The van der Waals surface area contributed by atoms with Gasteiger partial charge in [-0.3, -0.25) is 0 Å². The van der Waals surface area contributed by atoms with Crippen LogP contribution in [0.5, 0.6) is 0 Å². The van der Waals surface area contributed by atoms with Crippen molar-refractivity contribution in [3.63, 3.8) is 0 Å². The van der Waals surface area contributed by atoms with Gasteiger partial charge in [-0.05, 0) is 36.6 Å². The van der Waals surface area contributed by atoms with E-state index in [9.17, 15) is 0 Å². The van der Waals surface area contributed by atoms with E-state index < -0.39 is 0 Å². The molecule has 0 fully saturated rings. The number of pyridine rings is 1. The van der Waals surface area contributed by atoms with Crippen LogP contribution < -0.4 is 5.32 Å². The Morgan fingerprint density at radius 1 is 1.18 bits per heavy atom. The fourth-order valence-corrected chi connectivity index (χ4v) is 1.91. The lowest BCUT2D eigenvalue weighted by Crippen LogP contribution is -2.07. The van der Waals surface area contributed by atoms with Gasteiger partial charge in [0.2, 0.25) is 0 Å². The van der Waals surface area contributed by atoms with E-state index >= 15 is 0 Å². The highest BCUT2D eigenvalue weighted by molar-refractivity contribution is 6.32. The van der Waals surface area contributed by atoms with E-state index in [0.29, 0.717) is 5.02 Å². The summed E-state index contributed by atoms with van der Waals surface area (Å²) in [7, 11) is 0. The predicted molar refractivity (Wildman–Crippen MR) is 72.6 cm³/mol. The maximum Gasteiger partial charge on any atom is 0.144 e. The van der Waals surface area contributed by atoms with E-state index in [4.69, 9.17) is 11.6 Å². The average Bonchev–Trinajstić information content (AvgIpc) is 2.34. The second-order valence-electron chi connectivity index (χ2n) is 3.94. The Balaban J connectivity index is 1.93. The van der Waals surface area contributed by atoms with Gasteiger partial charge in [0.15, 0.2) is 0 Å². The largest absolute Gasteiger partial charge is 0.369 e. The number of aromatic nitrogens is 1. The molecule has 1 heterocycles. The predicted octanol–water partition coefficient (Wildman–Crippen LogP) is 3.70. The first-order valence-electron chi connectivity index (χ1n) is 5.66. The molecule has 0 spiro atoms. The molecule has 88 valence electrons. The van der Waals surface area contributed by atoms with Crippen molar-refractivity contribution in [3.8, 4) is 0 Å². The van der Waals surface area contributed by atoms with Crippen LogP contribution in [0, 0.1) is 6.92 Å². The summed E-state index contributed by atoms with van der Waals surface area (Å²) in [4.78, 5) is 4.19. The molecular formula is C14H15ClN2. The number of anilines is 1. The highest BCUT2D eigenvalue weighted by Crippen LogP contribution is 2.17. The Hall–Kier alpha value is -1.54. The SMILES string of the molecule is Cc1ccccc1CCNc1ncccc1Cl. The standard InChI is InChI=1S/C14H15ClN2/c1-11-5-2-3-6-12(11)8-10-17-14-13(15)7-4-9-16-14/h2-7,9H,8,10H2,1H3,(H,16,17). The van der Waals surface area contributed by atoms with Crippen molar-refractivity contribution >= 4 is 17.4 Å². The van der Waals surface area contributed by atoms with Crippen LogP contribution in [0.1, 0.15) is 11.1 Å². The summed E-state index contributed by atoms with van der Waals surface area (Å²) >= 11 is 6.01. The third kappa shape index (κ3) is 3.21. The van der Waals surface area contributed by atoms with E-state index in [1.54, 1.807) is 6.20 Å². The zero-order valence-electron chi connectivity index (χ0n) is 9.78. The first kappa shape index (κ1) is 11.9. The van der Waals surface area contributed by atoms with E-state index in [0.717, 1.165) is 18.8 Å². The third-order valence-electron chi connectivity index (χ3n) is 2.71. The van der Waals surface area contributed by atoms with Crippen LogP contribution in [0.2, 0.25) is 5.02 Å². The van der Waals surface area contributed by atoms with Crippen molar-refractivity contribution in [2.24, 2.45) is 0 Å². The van der Waals surface area contributed by atoms with Crippen molar-refractivity contribution in [1.29, 1.82) is 0 Å². The molecule has 3 heteroatoms. The van der Waals surface area contributed by atoms with Crippen molar-refractivity contribution in [3.05, 3.63) is 58.7 Å². The van der Waals surface area contributed by atoms with E-state index in [1.807, 2.05) is 12.1 Å². The Morgan fingerprint density at radius 2 is 2.00 bits per heavy atom. The van der Waals surface area contributed by atoms with Gasteiger partial charge < -0.3 is 5.32 Å². The molecule has 2 aromatic rings. The number of nitrogens with one attached hydrogen (secondary N) is 1. The molecular weight excluding hydrogens is 232 g/mol. The molecule has 17 heavy (non-hydrogen) atoms. The van der Waals surface area contributed by atoms with Gasteiger partial charge in [-0.1, -0.05) is 35.9 Å². The van der Waals surface area contributed by atoms with Crippen molar-refractivity contribution in [2.75, 3.05) is 11.9 Å². The van der Waals surface area contributed by atoms with Crippen LogP contribution in [0.15, 0.2) is 42.6 Å². The summed E-state index contributed by atoms with van der Waals surface area (Å²) in [5.41, 5.74) is 2.67. The minimum absolute atomic E-state index is 0.664. The van der Waals surface area contributed by atoms with E-state index in [-0.39, 0.29) is 0 Å². The molecule has 1 N–H and O–H groups in total. The summed E-state index contributed by atoms with van der Waals surface area (Å²) < 4.78 is 0. The molecule has 0 saturated heterocycles. The topological polar surface area (TPSA) is 24.9 Å². The lowest BCUT2D eigenvalue weighted by Gasteiger charge is -2.08. The van der Waals surface area contributed by atoms with Crippen LogP contribution in [0.4, 0.5) is 5.82 Å². The molecule has 0 aliphatic heterocycles. The summed E-state index contributed by atoms with van der Waals surface area (Å²) in [5, 5.41) is 3.91. The zero-order valence-corrected chi connectivity index (χ0v) is 10.5. The van der Waals surface area contributed by atoms with Gasteiger partial charge in [0.05, 0.1) is 5.02 Å². The number of rotatable bonds is 4. The van der Waals surface area contributed by atoms with E-state index in [1.165, 1.54) is 11.1 Å². The Bertz CT molecular complexity index is 452. The molecule has 0 bridgehead atoms. The highest BCUT2D eigenvalue weighted by Gasteiger charge is 2.00. The maximum absolute atomic E-state index is 6.01. The normalized spacial score (nSPS) is 10.2. The van der Waals surface area contributed by atoms with Crippen LogP contribution in [-0.2, 0) is 6.42 Å². The number of nitrogens with zero attached hydrogens (tertiary/aromatic N) is 1. The minimum Gasteiger partial charge on any atom is -0.369 e. The van der Waals surface area contributed by atoms with Crippen molar-refractivity contribution in [1.82, 2.24) is 4.98 Å². The first-order valence-corrected chi connectivity index (χ1v) is 6.04. The molecule has 0 aliphatic carbocycles. The molecule has 2 nitrogen and oxygen atoms in total. The molecule has 0 radical (unpaired) electrons. The molecule has 0 atom stereocenters. The van der Waals surface area contributed by atoms with Crippen molar-refractivity contribution in [2.45, 2.75) is 13.3 Å². The second-order valence-corrected chi connectivity index (χ2v) is 4.34. The summed E-state index contributed by atoms with van der Waals surface area (Å²) in [5.74, 6) is 0.753. The monoisotopic (exact) mass is 246 g/mol. The molecule has 0 saturated carbocycles. The van der Waals surface area contributed by atoms with Crippen LogP contribution in [0.3, 0.4) is 0 Å². The Kier molecular flexibility index (Phi) is 3.99. The fourth-order valence-electron chi connectivity index (χ4n) is 1.72. The number of hydrogen-bond acceptors (Lipinski definition) is 2. The summed E-state index contributed by atoms with van der Waals surface area (Å²) in [6.45, 7) is 2.96. The first-order chi connectivity index (χ1) is 8.27. The number of aryl methyl sites for hydroxylation is 1. The van der Waals surface area contributed by atoms with Crippen LogP contribution >= 0.6 is 11.6 Å². The van der Waals surface area contributed by atoms with Gasteiger partial charge in [0.25, 0.3) is 0 Å². The lowest BCUT2D eigenvalue weighted by molar-refractivity contribution is 0.994. The van der Waals surface area contributed by atoms with Gasteiger partial charge in [0.1, 0.15) is 5.82 Å². The van der Waals surface area contributed by atoms with E-state index in [2.05, 4.69) is 41.5 Å². The number of halogens is 1. The molecule has 0 amide bonds. The Labute approximate surface area is 107 Å². The van der Waals surface area contributed by atoms with Gasteiger partial charge in [-0.15, -0.1) is 0 Å². The average molecular weight is 247 g/mol. The highest BCUT2D eigenvalue weighted by atomic mass is 35.5. The number of benzene rings is 1. The molecule has 0 unspecified atom stereocenters.